The van der Waals surface area contributed by atoms with E-state index < -0.39 is 24.1 Å². The lowest BCUT2D eigenvalue weighted by atomic mass is 9.75. The summed E-state index contributed by atoms with van der Waals surface area (Å²) in [5.74, 6) is 0.497. The molecule has 0 unspecified atom stereocenters. The molecule has 3 aliphatic rings. The molecule has 0 radical (unpaired) electrons. The second-order valence-corrected chi connectivity index (χ2v) is 10.9. The van der Waals surface area contributed by atoms with Crippen molar-refractivity contribution in [3.63, 3.8) is 0 Å². The molecule has 210 valence electrons. The molecule has 40 heavy (non-hydrogen) atoms. The number of para-hydroxylation sites is 1. The van der Waals surface area contributed by atoms with Gasteiger partial charge >= 0.3 is 12.3 Å². The van der Waals surface area contributed by atoms with Crippen molar-refractivity contribution in [2.24, 2.45) is 0 Å². The summed E-state index contributed by atoms with van der Waals surface area (Å²) in [6, 6.07) is 17.0. The zero-order valence-electron chi connectivity index (χ0n) is 22.1. The second-order valence-electron chi connectivity index (χ2n) is 10.9. The molecule has 2 amide bonds. The number of anilines is 1. The Balaban J connectivity index is 1.20. The highest BCUT2D eigenvalue weighted by atomic mass is 19.4. The summed E-state index contributed by atoms with van der Waals surface area (Å²) in [6.07, 6.45) is -2.02. The van der Waals surface area contributed by atoms with Crippen molar-refractivity contribution >= 4 is 17.7 Å². The van der Waals surface area contributed by atoms with E-state index in [1.807, 2.05) is 59.2 Å². The maximum absolute atomic E-state index is 14.0. The van der Waals surface area contributed by atoms with E-state index in [1.54, 1.807) is 4.90 Å². The lowest BCUT2D eigenvalue weighted by molar-refractivity contribution is -0.136. The first-order valence-corrected chi connectivity index (χ1v) is 13.8. The summed E-state index contributed by atoms with van der Waals surface area (Å²) < 4.78 is 46.1. The minimum absolute atomic E-state index is 0.0339. The topological polar surface area (TPSA) is 67.7 Å². The number of benzene rings is 2. The molecular formula is C30H31F3N4O3. The standard InChI is InChI=1S/C30H31F3N4O3/c31-30(32,33)15-8-16-36-25-14-7-5-12-23(25)34-26(36)17-37-24-13-6-4-11-22(24)29(27(37)38)19-35(20-29)28(39)40-18-21-9-2-1-3-10-21/h1-4,6,9-11,13H,5,7-8,12,14-20H2. The van der Waals surface area contributed by atoms with Crippen LogP contribution >= 0.6 is 0 Å². The Morgan fingerprint density at radius 1 is 1.00 bits per heavy atom. The number of alkyl halides is 3. The van der Waals surface area contributed by atoms with Crippen LogP contribution in [0.2, 0.25) is 0 Å². The largest absolute Gasteiger partial charge is 0.445 e. The maximum atomic E-state index is 14.0. The summed E-state index contributed by atoms with van der Waals surface area (Å²) in [4.78, 5) is 34.8. The minimum atomic E-state index is -4.21. The zero-order chi connectivity index (χ0) is 27.9. The van der Waals surface area contributed by atoms with Gasteiger partial charge in [0.25, 0.3) is 0 Å². The van der Waals surface area contributed by atoms with Crippen LogP contribution in [-0.2, 0) is 47.5 Å². The smallest absolute Gasteiger partial charge is 0.410 e. The van der Waals surface area contributed by atoms with Crippen LogP contribution in [0.1, 0.15) is 54.0 Å². The van der Waals surface area contributed by atoms with E-state index in [9.17, 15) is 22.8 Å². The highest BCUT2D eigenvalue weighted by molar-refractivity contribution is 6.09. The molecule has 0 saturated carbocycles. The lowest BCUT2D eigenvalue weighted by Gasteiger charge is -2.45. The summed E-state index contributed by atoms with van der Waals surface area (Å²) >= 11 is 0. The van der Waals surface area contributed by atoms with Gasteiger partial charge in [0, 0.05) is 37.4 Å². The predicted octanol–water partition coefficient (Wildman–Crippen LogP) is 5.54. The SMILES string of the molecule is O=C(OCc1ccccc1)N1CC2(C1)C(=O)N(Cc1nc3c(n1CCCC(F)(F)F)CCCC3)c1ccccc12. The third-order valence-corrected chi connectivity index (χ3v) is 8.20. The van der Waals surface area contributed by atoms with Gasteiger partial charge in [0.05, 0.1) is 12.2 Å². The first kappa shape index (κ1) is 26.4. The minimum Gasteiger partial charge on any atom is -0.445 e. The van der Waals surface area contributed by atoms with E-state index in [-0.39, 0.29) is 45.1 Å². The second kappa shape index (κ2) is 10.3. The Labute approximate surface area is 230 Å². The molecule has 2 aromatic carbocycles. The average molecular weight is 553 g/mol. The number of amides is 2. The Morgan fingerprint density at radius 3 is 2.50 bits per heavy atom. The van der Waals surface area contributed by atoms with Crippen molar-refractivity contribution < 1.29 is 27.5 Å². The third-order valence-electron chi connectivity index (χ3n) is 8.20. The molecular weight excluding hydrogens is 521 g/mol. The van der Waals surface area contributed by atoms with Crippen molar-refractivity contribution in [1.82, 2.24) is 14.5 Å². The molecule has 3 heterocycles. The van der Waals surface area contributed by atoms with Crippen LogP contribution in [-0.4, -0.2) is 45.7 Å². The molecule has 1 fully saturated rings. The van der Waals surface area contributed by atoms with Crippen molar-refractivity contribution in [1.29, 1.82) is 0 Å². The van der Waals surface area contributed by atoms with Gasteiger partial charge in [-0.25, -0.2) is 9.78 Å². The van der Waals surface area contributed by atoms with Crippen molar-refractivity contribution in [3.8, 4) is 0 Å². The van der Waals surface area contributed by atoms with Gasteiger partial charge < -0.3 is 19.1 Å². The molecule has 0 bridgehead atoms. The Kier molecular flexibility index (Phi) is 6.80. The number of aryl methyl sites for hydroxylation is 1. The first-order valence-electron chi connectivity index (χ1n) is 13.8. The third kappa shape index (κ3) is 4.84. The summed E-state index contributed by atoms with van der Waals surface area (Å²) in [6.45, 7) is 0.969. The van der Waals surface area contributed by atoms with Crippen LogP contribution in [0.15, 0.2) is 54.6 Å². The predicted molar refractivity (Wildman–Crippen MR) is 142 cm³/mol. The molecule has 1 aromatic heterocycles. The van der Waals surface area contributed by atoms with Crippen LogP contribution in [0.3, 0.4) is 0 Å². The van der Waals surface area contributed by atoms with Gasteiger partial charge in [0.15, 0.2) is 0 Å². The number of halogens is 3. The number of nitrogens with zero attached hydrogens (tertiary/aromatic N) is 4. The summed E-state index contributed by atoms with van der Waals surface area (Å²) in [5.41, 5.74) is 3.55. The number of rotatable bonds is 7. The Morgan fingerprint density at radius 2 is 1.73 bits per heavy atom. The van der Waals surface area contributed by atoms with Crippen LogP contribution in [0, 0.1) is 0 Å². The monoisotopic (exact) mass is 552 g/mol. The van der Waals surface area contributed by atoms with E-state index in [4.69, 9.17) is 9.72 Å². The van der Waals surface area contributed by atoms with Crippen molar-refractivity contribution in [2.75, 3.05) is 18.0 Å². The molecule has 0 N–H and O–H groups in total. The van der Waals surface area contributed by atoms with Crippen molar-refractivity contribution in [3.05, 3.63) is 82.9 Å². The normalized spacial score (nSPS) is 17.5. The number of hydrogen-bond donors (Lipinski definition) is 0. The zero-order valence-corrected chi connectivity index (χ0v) is 22.1. The fraction of sp³-hybridized carbons (Fsp3) is 0.433. The van der Waals surface area contributed by atoms with Crippen LogP contribution in [0.5, 0.6) is 0 Å². The quantitative estimate of drug-likeness (QED) is 0.386. The lowest BCUT2D eigenvalue weighted by Crippen LogP contribution is -2.65. The number of hydrogen-bond acceptors (Lipinski definition) is 4. The molecule has 7 nitrogen and oxygen atoms in total. The maximum Gasteiger partial charge on any atom is 0.410 e. The van der Waals surface area contributed by atoms with Crippen molar-refractivity contribution in [2.45, 2.75) is 69.8 Å². The van der Waals surface area contributed by atoms with Gasteiger partial charge in [0.1, 0.15) is 17.8 Å². The number of imidazole rings is 1. The number of fused-ring (bicyclic) bond motifs is 3. The van der Waals surface area contributed by atoms with E-state index in [0.717, 1.165) is 53.9 Å². The number of ether oxygens (including phenoxy) is 1. The van der Waals surface area contributed by atoms with E-state index in [2.05, 4.69) is 0 Å². The molecule has 1 spiro atoms. The van der Waals surface area contributed by atoms with Gasteiger partial charge in [-0.2, -0.15) is 13.2 Å². The van der Waals surface area contributed by atoms with E-state index in [1.165, 1.54) is 4.90 Å². The fourth-order valence-electron chi connectivity index (χ4n) is 6.22. The van der Waals surface area contributed by atoms with E-state index in [0.29, 0.717) is 5.82 Å². The first-order chi connectivity index (χ1) is 19.2. The molecule has 6 rings (SSSR count). The highest BCUT2D eigenvalue weighted by Gasteiger charge is 2.59. The summed E-state index contributed by atoms with van der Waals surface area (Å²) in [5, 5.41) is 0. The van der Waals surface area contributed by atoms with Gasteiger partial charge in [-0.15, -0.1) is 0 Å². The fourth-order valence-corrected chi connectivity index (χ4v) is 6.22. The van der Waals surface area contributed by atoms with Gasteiger partial charge in [-0.05, 0) is 49.3 Å². The number of carbonyl (C=O) groups is 2. The van der Waals surface area contributed by atoms with Gasteiger partial charge in [-0.3, -0.25) is 4.79 Å². The molecule has 10 heteroatoms. The molecule has 1 aliphatic carbocycles. The Bertz CT molecular complexity index is 1410. The van der Waals surface area contributed by atoms with E-state index >= 15 is 0 Å². The van der Waals surface area contributed by atoms with Crippen LogP contribution < -0.4 is 4.90 Å². The number of likely N-dealkylation sites (tertiary alicyclic amines) is 1. The molecule has 0 atom stereocenters. The molecule has 3 aromatic rings. The van der Waals surface area contributed by atoms with Gasteiger partial charge in [-0.1, -0.05) is 48.5 Å². The molecule has 1 saturated heterocycles. The van der Waals surface area contributed by atoms with Gasteiger partial charge in [0.2, 0.25) is 5.91 Å². The number of aromatic nitrogens is 2. The average Bonchev–Trinajstić information content (AvgIpc) is 3.39. The Hall–Kier alpha value is -3.82. The highest BCUT2D eigenvalue weighted by Crippen LogP contribution is 2.48. The van der Waals surface area contributed by atoms with Crippen LogP contribution in [0.4, 0.5) is 23.7 Å². The van der Waals surface area contributed by atoms with Crippen LogP contribution in [0.25, 0.3) is 0 Å². The number of carbonyl (C=O) groups excluding carboxylic acids is 2. The molecule has 2 aliphatic heterocycles. The summed E-state index contributed by atoms with van der Waals surface area (Å²) in [7, 11) is 0.